The zero-order valence-electron chi connectivity index (χ0n) is 12.2. The molecule has 1 amide bonds. The fraction of sp³-hybridized carbons (Fsp3) is 0.400. The van der Waals surface area contributed by atoms with Crippen molar-refractivity contribution in [1.29, 1.82) is 0 Å². The number of hydrogen-bond donors (Lipinski definition) is 1. The molecule has 2 aromatic rings. The predicted octanol–water partition coefficient (Wildman–Crippen LogP) is 1.26. The van der Waals surface area contributed by atoms with Crippen molar-refractivity contribution in [3.63, 3.8) is 0 Å². The minimum atomic E-state index is -0.107. The lowest BCUT2D eigenvalue weighted by Crippen LogP contribution is -2.43. The molecule has 0 aliphatic carbocycles. The third kappa shape index (κ3) is 2.67. The maximum atomic E-state index is 12.5. The van der Waals surface area contributed by atoms with Crippen LogP contribution in [0.4, 0.5) is 0 Å². The highest BCUT2D eigenvalue weighted by Crippen LogP contribution is 2.20. The van der Waals surface area contributed by atoms with E-state index in [4.69, 9.17) is 0 Å². The molecule has 6 heteroatoms. The Balaban J connectivity index is 1.73. The monoisotopic (exact) mass is 285 g/mol. The van der Waals surface area contributed by atoms with Gasteiger partial charge in [-0.2, -0.15) is 0 Å². The largest absolute Gasteiger partial charge is 0.334 e. The van der Waals surface area contributed by atoms with Crippen LogP contribution in [-0.4, -0.2) is 45.9 Å². The van der Waals surface area contributed by atoms with Crippen LogP contribution >= 0.6 is 0 Å². The molecule has 1 aliphatic heterocycles. The van der Waals surface area contributed by atoms with E-state index < -0.39 is 0 Å². The first-order valence-electron chi connectivity index (χ1n) is 7.11. The molecule has 0 saturated carbocycles. The van der Waals surface area contributed by atoms with E-state index in [1.54, 1.807) is 22.8 Å². The number of rotatable bonds is 4. The lowest BCUT2D eigenvalue weighted by atomic mass is 10.1. The molecule has 0 spiro atoms. The van der Waals surface area contributed by atoms with E-state index in [0.29, 0.717) is 11.7 Å². The van der Waals surface area contributed by atoms with Crippen LogP contribution in [0.1, 0.15) is 35.1 Å². The molecule has 1 aliphatic rings. The number of hydrogen-bond acceptors (Lipinski definition) is 4. The maximum Gasteiger partial charge on any atom is 0.276 e. The Morgan fingerprint density at radius 3 is 2.71 bits per heavy atom. The number of nitrogens with zero attached hydrogens (tertiary/aromatic N) is 4. The molecule has 21 heavy (non-hydrogen) atoms. The van der Waals surface area contributed by atoms with E-state index in [1.165, 1.54) is 0 Å². The van der Waals surface area contributed by atoms with Gasteiger partial charge in [-0.1, -0.05) is 35.5 Å². The van der Waals surface area contributed by atoms with Crippen molar-refractivity contribution in [2.45, 2.75) is 19.0 Å². The summed E-state index contributed by atoms with van der Waals surface area (Å²) in [5.74, 6) is -0.107. The lowest BCUT2D eigenvalue weighted by Gasteiger charge is -2.26. The van der Waals surface area contributed by atoms with Crippen LogP contribution in [0.25, 0.3) is 0 Å². The van der Waals surface area contributed by atoms with Crippen LogP contribution in [0.2, 0.25) is 0 Å². The topological polar surface area (TPSA) is 63.1 Å². The van der Waals surface area contributed by atoms with Gasteiger partial charge in [-0.25, -0.2) is 4.68 Å². The van der Waals surface area contributed by atoms with E-state index in [0.717, 1.165) is 18.7 Å². The second-order valence-electron chi connectivity index (χ2n) is 5.40. The van der Waals surface area contributed by atoms with Gasteiger partial charge in [-0.3, -0.25) is 4.79 Å². The van der Waals surface area contributed by atoms with Crippen molar-refractivity contribution in [1.82, 2.24) is 25.2 Å². The molecule has 1 atom stereocenters. The maximum absolute atomic E-state index is 12.5. The molecule has 0 bridgehead atoms. The number of nitrogens with one attached hydrogen (secondary N) is 1. The molecule has 110 valence electrons. The van der Waals surface area contributed by atoms with E-state index >= 15 is 0 Å². The van der Waals surface area contributed by atoms with Gasteiger partial charge in [-0.15, -0.1) is 5.10 Å². The molecular formula is C15H19N5O. The molecule has 1 saturated heterocycles. The van der Waals surface area contributed by atoms with E-state index in [-0.39, 0.29) is 11.9 Å². The van der Waals surface area contributed by atoms with Crippen LogP contribution in [0, 0.1) is 0 Å². The van der Waals surface area contributed by atoms with Crippen molar-refractivity contribution < 1.29 is 4.79 Å². The first kappa shape index (κ1) is 13.8. The van der Waals surface area contributed by atoms with Crippen LogP contribution in [0.3, 0.4) is 0 Å². The van der Waals surface area contributed by atoms with Crippen molar-refractivity contribution in [3.8, 4) is 0 Å². The van der Waals surface area contributed by atoms with Crippen LogP contribution < -0.4 is 5.32 Å². The van der Waals surface area contributed by atoms with Gasteiger partial charge in [0.05, 0.1) is 18.3 Å². The summed E-state index contributed by atoms with van der Waals surface area (Å²) >= 11 is 0. The van der Waals surface area contributed by atoms with Gasteiger partial charge in [0.25, 0.3) is 5.91 Å². The molecule has 6 nitrogen and oxygen atoms in total. The fourth-order valence-corrected chi connectivity index (χ4v) is 2.33. The first-order valence-corrected chi connectivity index (χ1v) is 7.11. The van der Waals surface area contributed by atoms with Gasteiger partial charge in [0.15, 0.2) is 5.69 Å². The highest BCUT2D eigenvalue weighted by Gasteiger charge is 2.24. The van der Waals surface area contributed by atoms with E-state index in [1.807, 2.05) is 37.3 Å². The molecule has 1 N–H and O–H groups in total. The zero-order valence-corrected chi connectivity index (χ0v) is 12.2. The lowest BCUT2D eigenvalue weighted by molar-refractivity contribution is 0.0736. The zero-order chi connectivity index (χ0) is 14.8. The molecule has 1 aromatic heterocycles. The smallest absolute Gasteiger partial charge is 0.276 e. The predicted molar refractivity (Wildman–Crippen MR) is 78.9 cm³/mol. The quantitative estimate of drug-likeness (QED) is 0.918. The summed E-state index contributed by atoms with van der Waals surface area (Å²) in [5, 5.41) is 11.2. The van der Waals surface area contributed by atoms with Crippen molar-refractivity contribution in [3.05, 3.63) is 47.8 Å². The van der Waals surface area contributed by atoms with Crippen LogP contribution in [0.15, 0.2) is 36.5 Å². The molecule has 1 fully saturated rings. The Kier molecular flexibility index (Phi) is 3.70. The minimum absolute atomic E-state index is 0.00535. The first-order chi connectivity index (χ1) is 10.2. The summed E-state index contributed by atoms with van der Waals surface area (Å²) in [6.45, 7) is 3.77. The molecule has 0 radical (unpaired) electrons. The number of carbonyl (C=O) groups excluding carboxylic acids is 1. The third-order valence-electron chi connectivity index (χ3n) is 4.05. The van der Waals surface area contributed by atoms with E-state index in [2.05, 4.69) is 15.6 Å². The average molecular weight is 285 g/mol. The molecule has 3 rings (SSSR count). The molecule has 1 aromatic carbocycles. The summed E-state index contributed by atoms with van der Waals surface area (Å²) in [6.07, 6.45) is 1.74. The summed E-state index contributed by atoms with van der Waals surface area (Å²) in [4.78, 5) is 14.2. The van der Waals surface area contributed by atoms with Crippen LogP contribution in [0.5, 0.6) is 0 Å². The van der Waals surface area contributed by atoms with Crippen molar-refractivity contribution >= 4 is 5.91 Å². The summed E-state index contributed by atoms with van der Waals surface area (Å²) in [5.41, 5.74) is 1.50. The molecule has 1 unspecified atom stereocenters. The van der Waals surface area contributed by atoms with Crippen molar-refractivity contribution in [2.24, 2.45) is 0 Å². The highest BCUT2D eigenvalue weighted by molar-refractivity contribution is 5.92. The van der Waals surface area contributed by atoms with Gasteiger partial charge in [0.1, 0.15) is 0 Å². The van der Waals surface area contributed by atoms with Crippen LogP contribution in [-0.2, 0) is 0 Å². The van der Waals surface area contributed by atoms with E-state index in [9.17, 15) is 4.79 Å². The number of carbonyl (C=O) groups is 1. The van der Waals surface area contributed by atoms with Gasteiger partial charge in [0, 0.05) is 20.1 Å². The fourth-order valence-electron chi connectivity index (χ4n) is 2.33. The Morgan fingerprint density at radius 1 is 1.38 bits per heavy atom. The number of aromatic nitrogens is 3. The third-order valence-corrected chi connectivity index (χ3v) is 4.05. The average Bonchev–Trinajstić information content (AvgIpc) is 2.93. The number of amides is 1. The minimum Gasteiger partial charge on any atom is -0.334 e. The second kappa shape index (κ2) is 5.65. The Labute approximate surface area is 123 Å². The van der Waals surface area contributed by atoms with Gasteiger partial charge in [0.2, 0.25) is 0 Å². The van der Waals surface area contributed by atoms with Gasteiger partial charge in [-0.05, 0) is 12.5 Å². The summed E-state index contributed by atoms with van der Waals surface area (Å²) in [6, 6.07) is 10.3. The molecular weight excluding hydrogens is 266 g/mol. The number of benzene rings is 1. The SMILES string of the molecule is CC(c1ccccc1)N(C)C(=O)c1cn(C2CNC2)nn1. The Bertz CT molecular complexity index is 620. The van der Waals surface area contributed by atoms with Gasteiger partial charge >= 0.3 is 0 Å². The highest BCUT2D eigenvalue weighted by atomic mass is 16.2. The molecule has 2 heterocycles. The summed E-state index contributed by atoms with van der Waals surface area (Å²) < 4.78 is 1.77. The van der Waals surface area contributed by atoms with Gasteiger partial charge < -0.3 is 10.2 Å². The second-order valence-corrected chi connectivity index (χ2v) is 5.40. The Morgan fingerprint density at radius 2 is 2.10 bits per heavy atom. The van der Waals surface area contributed by atoms with Crippen molar-refractivity contribution in [2.75, 3.05) is 20.1 Å². The standard InChI is InChI=1S/C15H19N5O/c1-11(12-6-4-3-5-7-12)19(2)15(21)14-10-20(18-17-14)13-8-16-9-13/h3-7,10-11,13,16H,8-9H2,1-2H3. The normalized spacial score (nSPS) is 16.3. The Hall–Kier alpha value is -2.21. The summed E-state index contributed by atoms with van der Waals surface area (Å²) in [7, 11) is 1.80.